The fraction of sp³-hybridized carbons (Fsp3) is 0.400. The van der Waals surface area contributed by atoms with Crippen LogP contribution in [-0.2, 0) is 14.3 Å². The number of ketones is 1. The van der Waals surface area contributed by atoms with Gasteiger partial charge in [-0.1, -0.05) is 25.5 Å². The van der Waals surface area contributed by atoms with Gasteiger partial charge in [0.05, 0.1) is 0 Å². The van der Waals surface area contributed by atoms with E-state index in [0.29, 0.717) is 12.1 Å². The molecule has 0 bridgehead atoms. The van der Waals surface area contributed by atoms with Gasteiger partial charge in [0.2, 0.25) is 0 Å². The minimum absolute atomic E-state index is 0.102. The molecular weight excluding hydrogens is 302 g/mol. The minimum Gasteiger partial charge on any atom is -0.457 e. The molecule has 0 radical (unpaired) electrons. The Labute approximate surface area is 144 Å². The molecule has 2 N–H and O–H groups in total. The van der Waals surface area contributed by atoms with E-state index < -0.39 is 11.6 Å². The Kier molecular flexibility index (Phi) is 7.43. The summed E-state index contributed by atoms with van der Waals surface area (Å²) in [6.07, 6.45) is 8.79. The van der Waals surface area contributed by atoms with Crippen LogP contribution in [0.5, 0.6) is 0 Å². The molecule has 0 fully saturated rings. The van der Waals surface area contributed by atoms with Crippen LogP contribution in [0.25, 0.3) is 12.2 Å². The lowest BCUT2D eigenvalue weighted by atomic mass is 10.1. The average Bonchev–Trinajstić information content (AvgIpc) is 2.48. The number of hydrogen-bond acceptors (Lipinski definition) is 4. The molecule has 1 aromatic rings. The highest BCUT2D eigenvalue weighted by molar-refractivity contribution is 5.94. The number of nitrogens with two attached hydrogens (primary N) is 1. The van der Waals surface area contributed by atoms with Crippen molar-refractivity contribution >= 4 is 29.6 Å². The maximum absolute atomic E-state index is 11.7. The third kappa shape index (κ3) is 7.77. The molecule has 0 saturated heterocycles. The van der Waals surface area contributed by atoms with Gasteiger partial charge in [-0.25, -0.2) is 4.79 Å². The molecule has 0 aromatic heterocycles. The Hall–Kier alpha value is -2.36. The Bertz CT molecular complexity index is 637. The van der Waals surface area contributed by atoms with Crippen LogP contribution >= 0.6 is 0 Å². The van der Waals surface area contributed by atoms with Gasteiger partial charge in [0, 0.05) is 18.2 Å². The smallest absolute Gasteiger partial charge is 0.331 e. The third-order valence-electron chi connectivity index (χ3n) is 3.16. The zero-order valence-corrected chi connectivity index (χ0v) is 15.0. The summed E-state index contributed by atoms with van der Waals surface area (Å²) in [4.78, 5) is 23.3. The van der Waals surface area contributed by atoms with Crippen molar-refractivity contribution in [3.63, 3.8) is 0 Å². The summed E-state index contributed by atoms with van der Waals surface area (Å²) < 4.78 is 5.20. The van der Waals surface area contributed by atoms with Gasteiger partial charge in [-0.05, 0) is 62.6 Å². The van der Waals surface area contributed by atoms with Gasteiger partial charge in [0.15, 0.2) is 5.78 Å². The normalized spacial score (nSPS) is 12.0. The number of benzene rings is 1. The van der Waals surface area contributed by atoms with Gasteiger partial charge in [-0.15, -0.1) is 0 Å². The molecule has 4 nitrogen and oxygen atoms in total. The van der Waals surface area contributed by atoms with Crippen molar-refractivity contribution in [3.05, 3.63) is 41.5 Å². The second kappa shape index (κ2) is 9.06. The molecule has 0 atom stereocenters. The molecule has 1 rings (SSSR count). The molecule has 24 heavy (non-hydrogen) atoms. The highest BCUT2D eigenvalue weighted by Gasteiger charge is 2.13. The first-order chi connectivity index (χ1) is 11.2. The monoisotopic (exact) mass is 329 g/mol. The topological polar surface area (TPSA) is 69.4 Å². The number of anilines is 1. The molecule has 0 saturated carbocycles. The Morgan fingerprint density at radius 2 is 1.88 bits per heavy atom. The molecule has 130 valence electrons. The van der Waals surface area contributed by atoms with Crippen LogP contribution in [0.4, 0.5) is 5.69 Å². The number of ether oxygens (including phenoxy) is 1. The predicted molar refractivity (Wildman–Crippen MR) is 99.3 cm³/mol. The van der Waals surface area contributed by atoms with Gasteiger partial charge in [-0.3, -0.25) is 4.79 Å². The SMILES string of the molecule is CCCCC(=O)/C=C/c1ccc(/C=C/C(=O)OC(C)(C)C)cc1N. The number of rotatable bonds is 7. The van der Waals surface area contributed by atoms with E-state index in [4.69, 9.17) is 10.5 Å². The maximum Gasteiger partial charge on any atom is 0.331 e. The van der Waals surface area contributed by atoms with Gasteiger partial charge in [-0.2, -0.15) is 0 Å². The molecule has 4 heteroatoms. The number of hydrogen-bond donors (Lipinski definition) is 1. The second-order valence-corrected chi connectivity index (χ2v) is 6.66. The Morgan fingerprint density at radius 1 is 1.17 bits per heavy atom. The largest absolute Gasteiger partial charge is 0.457 e. The lowest BCUT2D eigenvalue weighted by Crippen LogP contribution is -2.22. The first-order valence-electron chi connectivity index (χ1n) is 8.23. The first kappa shape index (κ1) is 19.7. The number of carbonyl (C=O) groups is 2. The van der Waals surface area contributed by atoms with Crippen molar-refractivity contribution in [2.24, 2.45) is 0 Å². The second-order valence-electron chi connectivity index (χ2n) is 6.66. The number of nitrogen functional groups attached to an aromatic ring is 1. The van der Waals surface area contributed by atoms with Crippen molar-refractivity contribution < 1.29 is 14.3 Å². The summed E-state index contributed by atoms with van der Waals surface area (Å²) in [5.41, 5.74) is 7.63. The van der Waals surface area contributed by atoms with E-state index in [1.54, 1.807) is 24.3 Å². The lowest BCUT2D eigenvalue weighted by Gasteiger charge is -2.17. The van der Waals surface area contributed by atoms with Crippen molar-refractivity contribution in [2.45, 2.75) is 52.6 Å². The van der Waals surface area contributed by atoms with Gasteiger partial charge in [0.1, 0.15) is 5.60 Å². The molecule has 0 amide bonds. The van der Waals surface area contributed by atoms with Crippen LogP contribution in [0.2, 0.25) is 0 Å². The highest BCUT2D eigenvalue weighted by Crippen LogP contribution is 2.17. The van der Waals surface area contributed by atoms with E-state index in [1.165, 1.54) is 6.08 Å². The van der Waals surface area contributed by atoms with E-state index in [9.17, 15) is 9.59 Å². The number of unbranched alkanes of at least 4 members (excludes halogenated alkanes) is 1. The number of allylic oxidation sites excluding steroid dienone is 1. The van der Waals surface area contributed by atoms with Crippen molar-refractivity contribution in [1.82, 2.24) is 0 Å². The van der Waals surface area contributed by atoms with E-state index in [2.05, 4.69) is 6.92 Å². The molecule has 0 aliphatic heterocycles. The van der Waals surface area contributed by atoms with E-state index >= 15 is 0 Å². The Morgan fingerprint density at radius 3 is 2.46 bits per heavy atom. The molecule has 0 unspecified atom stereocenters. The van der Waals surface area contributed by atoms with Crippen LogP contribution in [0.15, 0.2) is 30.4 Å². The van der Waals surface area contributed by atoms with Crippen LogP contribution in [0.1, 0.15) is 58.1 Å². The van der Waals surface area contributed by atoms with Crippen molar-refractivity contribution in [3.8, 4) is 0 Å². The highest BCUT2D eigenvalue weighted by atomic mass is 16.6. The number of esters is 1. The van der Waals surface area contributed by atoms with E-state index in [0.717, 1.165) is 24.0 Å². The van der Waals surface area contributed by atoms with Crippen molar-refractivity contribution in [2.75, 3.05) is 5.73 Å². The summed E-state index contributed by atoms with van der Waals surface area (Å²) in [5, 5.41) is 0. The fourth-order valence-electron chi connectivity index (χ4n) is 1.97. The molecule has 0 spiro atoms. The summed E-state index contributed by atoms with van der Waals surface area (Å²) in [5.74, 6) is -0.295. The molecule has 0 aliphatic carbocycles. The minimum atomic E-state index is -0.514. The zero-order chi connectivity index (χ0) is 18.2. The van der Waals surface area contributed by atoms with Gasteiger partial charge < -0.3 is 10.5 Å². The summed E-state index contributed by atoms with van der Waals surface area (Å²) in [6, 6.07) is 5.43. The van der Waals surface area contributed by atoms with Crippen LogP contribution in [0.3, 0.4) is 0 Å². The quantitative estimate of drug-likeness (QED) is 0.457. The zero-order valence-electron chi connectivity index (χ0n) is 15.0. The molecule has 1 aromatic carbocycles. The molecule has 0 heterocycles. The maximum atomic E-state index is 11.7. The van der Waals surface area contributed by atoms with Gasteiger partial charge in [0.25, 0.3) is 0 Å². The Balaban J connectivity index is 2.72. The summed E-state index contributed by atoms with van der Waals surface area (Å²) in [6.45, 7) is 7.51. The average molecular weight is 329 g/mol. The lowest BCUT2D eigenvalue weighted by molar-refractivity contribution is -0.148. The third-order valence-corrected chi connectivity index (χ3v) is 3.16. The fourth-order valence-corrected chi connectivity index (χ4v) is 1.97. The summed E-state index contributed by atoms with van der Waals surface area (Å²) >= 11 is 0. The first-order valence-corrected chi connectivity index (χ1v) is 8.23. The number of carbonyl (C=O) groups excluding carboxylic acids is 2. The van der Waals surface area contributed by atoms with Crippen LogP contribution in [0, 0.1) is 0 Å². The predicted octanol–water partition coefficient (Wildman–Crippen LogP) is 4.40. The standard InChI is InChI=1S/C20H27NO3/c1-5-6-7-17(22)12-11-16-10-8-15(14-18(16)21)9-13-19(23)24-20(2,3)4/h8-14H,5-7,21H2,1-4H3/b12-11+,13-9+. The van der Waals surface area contributed by atoms with Gasteiger partial charge >= 0.3 is 5.97 Å². The molecule has 0 aliphatic rings. The van der Waals surface area contributed by atoms with Crippen molar-refractivity contribution in [1.29, 1.82) is 0 Å². The van der Waals surface area contributed by atoms with E-state index in [-0.39, 0.29) is 5.78 Å². The van der Waals surface area contributed by atoms with Crippen LogP contribution < -0.4 is 5.73 Å². The van der Waals surface area contributed by atoms with E-state index in [1.807, 2.05) is 32.9 Å². The van der Waals surface area contributed by atoms with Crippen LogP contribution in [-0.4, -0.2) is 17.4 Å². The molecular formula is C20H27NO3. The summed E-state index contributed by atoms with van der Waals surface area (Å²) in [7, 11) is 0.